The van der Waals surface area contributed by atoms with Gasteiger partial charge in [-0.25, -0.2) is 0 Å². The van der Waals surface area contributed by atoms with Crippen LogP contribution in [-0.2, 0) is 25.4 Å². The van der Waals surface area contributed by atoms with Crippen LogP contribution in [0, 0.1) is 0 Å². The monoisotopic (exact) mass is 594 g/mol. The van der Waals surface area contributed by atoms with Crippen molar-refractivity contribution in [2.45, 2.75) is 25.4 Å². The van der Waals surface area contributed by atoms with Crippen LogP contribution in [0.2, 0.25) is 0 Å². The van der Waals surface area contributed by atoms with E-state index < -0.39 is 23.5 Å². The molecular weight excluding hydrogens is 562 g/mol. The lowest BCUT2D eigenvalue weighted by Crippen LogP contribution is -2.42. The van der Waals surface area contributed by atoms with E-state index in [1.165, 1.54) is 36.4 Å². The maximum absolute atomic E-state index is 13.9. The predicted molar refractivity (Wildman–Crippen MR) is 146 cm³/mol. The number of rotatable bonds is 8. The van der Waals surface area contributed by atoms with Gasteiger partial charge in [0, 0.05) is 65.4 Å². The normalized spacial score (nSPS) is 17.3. The van der Waals surface area contributed by atoms with Crippen LogP contribution in [0.4, 0.5) is 26.3 Å². The summed E-state index contributed by atoms with van der Waals surface area (Å²) in [4.78, 5) is 4.16. The molecule has 0 atom stereocenters. The van der Waals surface area contributed by atoms with E-state index in [0.29, 0.717) is 24.2 Å². The number of ether oxygens (including phenoxy) is 2. The molecule has 2 N–H and O–H groups in total. The summed E-state index contributed by atoms with van der Waals surface area (Å²) in [5, 5.41) is 6.42. The van der Waals surface area contributed by atoms with Gasteiger partial charge in [0.1, 0.15) is 23.0 Å². The number of piperazine rings is 2. The van der Waals surface area contributed by atoms with Gasteiger partial charge >= 0.3 is 12.4 Å². The summed E-state index contributed by atoms with van der Waals surface area (Å²) in [6.45, 7) is 6.93. The minimum Gasteiger partial charge on any atom is -0.457 e. The molecule has 2 heterocycles. The first kappa shape index (κ1) is 30.1. The Hall–Kier alpha value is -3.32. The zero-order valence-corrected chi connectivity index (χ0v) is 22.8. The molecule has 0 aromatic heterocycles. The average molecular weight is 595 g/mol. The smallest absolute Gasteiger partial charge is 0.419 e. The Morgan fingerprint density at radius 3 is 1.24 bits per heavy atom. The van der Waals surface area contributed by atoms with E-state index in [-0.39, 0.29) is 23.0 Å². The second-order valence-electron chi connectivity index (χ2n) is 10.4. The van der Waals surface area contributed by atoms with Gasteiger partial charge in [0.05, 0.1) is 11.1 Å². The summed E-state index contributed by atoms with van der Waals surface area (Å²) in [5.74, 6) is -0.547. The first-order valence-electron chi connectivity index (χ1n) is 13.8. The number of nitrogens with zero attached hydrogens (tertiary/aromatic N) is 2. The molecule has 3 aromatic carbocycles. The Morgan fingerprint density at radius 2 is 0.905 bits per heavy atom. The third-order valence-electron chi connectivity index (χ3n) is 7.21. The van der Waals surface area contributed by atoms with Crippen molar-refractivity contribution in [3.63, 3.8) is 0 Å². The molecule has 5 rings (SSSR count). The molecule has 226 valence electrons. The topological polar surface area (TPSA) is 49.0 Å². The van der Waals surface area contributed by atoms with E-state index in [4.69, 9.17) is 9.47 Å². The van der Waals surface area contributed by atoms with Crippen LogP contribution in [0.1, 0.15) is 22.3 Å². The Kier molecular flexibility index (Phi) is 9.26. The number of benzene rings is 3. The maximum Gasteiger partial charge on any atom is 0.419 e. The van der Waals surface area contributed by atoms with E-state index in [1.807, 2.05) is 0 Å². The number of hydrogen-bond acceptors (Lipinski definition) is 6. The minimum atomic E-state index is -4.64. The van der Waals surface area contributed by atoms with Gasteiger partial charge in [-0.2, -0.15) is 26.3 Å². The third kappa shape index (κ3) is 7.94. The Labute approximate surface area is 240 Å². The quantitative estimate of drug-likeness (QED) is 0.307. The highest BCUT2D eigenvalue weighted by molar-refractivity contribution is 5.45. The van der Waals surface area contributed by atoms with Crippen LogP contribution < -0.4 is 20.1 Å². The van der Waals surface area contributed by atoms with Crippen LogP contribution in [0.5, 0.6) is 23.0 Å². The zero-order chi connectivity index (χ0) is 29.7. The lowest BCUT2D eigenvalue weighted by molar-refractivity contribution is -0.139. The van der Waals surface area contributed by atoms with Gasteiger partial charge in [0.25, 0.3) is 0 Å². The SMILES string of the molecule is FC(F)(F)c1cc(CN2CCNCC2)ccc1Oc1ccc(Oc2ccc(CN3CCNCC3)cc2C(F)(F)F)cc1. The average Bonchev–Trinajstić information content (AvgIpc) is 2.96. The molecule has 42 heavy (non-hydrogen) atoms. The minimum absolute atomic E-state index is 0.0881. The van der Waals surface area contributed by atoms with Gasteiger partial charge in [0.2, 0.25) is 0 Å². The Balaban J connectivity index is 1.29. The van der Waals surface area contributed by atoms with E-state index in [1.54, 1.807) is 12.1 Å². The van der Waals surface area contributed by atoms with Crippen molar-refractivity contribution >= 4 is 0 Å². The molecule has 2 aliphatic heterocycles. The van der Waals surface area contributed by atoms with Gasteiger partial charge in [-0.3, -0.25) is 9.80 Å². The molecule has 3 aromatic rings. The highest BCUT2D eigenvalue weighted by atomic mass is 19.4. The van der Waals surface area contributed by atoms with Crippen LogP contribution in [0.3, 0.4) is 0 Å². The molecular formula is C30H32F6N4O2. The highest BCUT2D eigenvalue weighted by Gasteiger charge is 2.36. The van der Waals surface area contributed by atoms with E-state index in [9.17, 15) is 26.3 Å². The van der Waals surface area contributed by atoms with Crippen molar-refractivity contribution in [1.82, 2.24) is 20.4 Å². The van der Waals surface area contributed by atoms with Crippen molar-refractivity contribution in [2.75, 3.05) is 52.4 Å². The lowest BCUT2D eigenvalue weighted by atomic mass is 10.1. The molecule has 2 aliphatic rings. The molecule has 0 amide bonds. The molecule has 0 saturated carbocycles. The van der Waals surface area contributed by atoms with E-state index in [2.05, 4.69) is 20.4 Å². The molecule has 2 saturated heterocycles. The predicted octanol–water partition coefficient (Wildman–Crippen LogP) is 6.12. The van der Waals surface area contributed by atoms with Crippen molar-refractivity contribution in [3.05, 3.63) is 82.9 Å². The fourth-order valence-electron chi connectivity index (χ4n) is 5.06. The fourth-order valence-corrected chi connectivity index (χ4v) is 5.06. The molecule has 0 bridgehead atoms. The summed E-state index contributed by atoms with van der Waals surface area (Å²) < 4.78 is 94.5. The number of nitrogens with one attached hydrogen (secondary N) is 2. The van der Waals surface area contributed by atoms with Gasteiger partial charge in [-0.05, 0) is 59.7 Å². The molecule has 0 aliphatic carbocycles. The first-order valence-corrected chi connectivity index (χ1v) is 13.8. The third-order valence-corrected chi connectivity index (χ3v) is 7.21. The highest BCUT2D eigenvalue weighted by Crippen LogP contribution is 2.41. The molecule has 6 nitrogen and oxygen atoms in total. The summed E-state index contributed by atoms with van der Waals surface area (Å²) >= 11 is 0. The molecule has 0 radical (unpaired) electrons. The zero-order valence-electron chi connectivity index (χ0n) is 22.8. The van der Waals surface area contributed by atoms with Gasteiger partial charge in [-0.15, -0.1) is 0 Å². The van der Waals surface area contributed by atoms with Crippen molar-refractivity contribution in [3.8, 4) is 23.0 Å². The number of halogens is 6. The van der Waals surface area contributed by atoms with Crippen molar-refractivity contribution in [2.24, 2.45) is 0 Å². The van der Waals surface area contributed by atoms with E-state index in [0.717, 1.165) is 64.5 Å². The number of hydrogen-bond donors (Lipinski definition) is 2. The van der Waals surface area contributed by atoms with Crippen molar-refractivity contribution < 1.29 is 35.8 Å². The molecule has 2 fully saturated rings. The molecule has 0 unspecified atom stereocenters. The van der Waals surface area contributed by atoms with Crippen LogP contribution in [0.15, 0.2) is 60.7 Å². The lowest BCUT2D eigenvalue weighted by Gasteiger charge is -2.27. The number of alkyl halides is 6. The molecule has 0 spiro atoms. The maximum atomic E-state index is 13.9. The van der Waals surface area contributed by atoms with Crippen LogP contribution in [0.25, 0.3) is 0 Å². The van der Waals surface area contributed by atoms with Crippen molar-refractivity contribution in [1.29, 1.82) is 0 Å². The summed E-state index contributed by atoms with van der Waals surface area (Å²) in [6, 6.07) is 13.4. The Bertz CT molecular complexity index is 1230. The first-order chi connectivity index (χ1) is 20.0. The largest absolute Gasteiger partial charge is 0.457 e. The standard InChI is InChI=1S/C30H32F6N4O2/c31-29(32,33)25-17-21(19-39-13-9-37-10-14-39)1-7-27(25)41-23-3-5-24(6-4-23)42-28-8-2-22(18-26(28)30(34,35)36)20-40-15-11-38-12-16-40/h1-8,17-18,37-38H,9-16,19-20H2. The van der Waals surface area contributed by atoms with Gasteiger partial charge in [-0.1, -0.05) is 12.1 Å². The summed E-state index contributed by atoms with van der Waals surface area (Å²) in [6.07, 6.45) is -9.27. The Morgan fingerprint density at radius 1 is 0.548 bits per heavy atom. The van der Waals surface area contributed by atoms with Gasteiger partial charge in [0.15, 0.2) is 0 Å². The second kappa shape index (κ2) is 12.9. The second-order valence-corrected chi connectivity index (χ2v) is 10.4. The van der Waals surface area contributed by atoms with E-state index >= 15 is 0 Å². The fraction of sp³-hybridized carbons (Fsp3) is 0.400. The van der Waals surface area contributed by atoms with Gasteiger partial charge < -0.3 is 20.1 Å². The molecule has 12 heteroatoms. The van der Waals surface area contributed by atoms with Crippen LogP contribution in [-0.4, -0.2) is 62.2 Å². The summed E-state index contributed by atoms with van der Waals surface area (Å²) in [7, 11) is 0. The van der Waals surface area contributed by atoms with Crippen LogP contribution >= 0.6 is 0 Å². The summed E-state index contributed by atoms with van der Waals surface area (Å²) in [5.41, 5.74) is -0.739.